The number of para-hydroxylation sites is 1. The van der Waals surface area contributed by atoms with Crippen LogP contribution in [-0.4, -0.2) is 32.5 Å². The Kier molecular flexibility index (Phi) is 6.65. The lowest BCUT2D eigenvalue weighted by Crippen LogP contribution is -2.29. The van der Waals surface area contributed by atoms with E-state index >= 15 is 0 Å². The van der Waals surface area contributed by atoms with Gasteiger partial charge in [-0.1, -0.05) is 24.3 Å². The van der Waals surface area contributed by atoms with Gasteiger partial charge >= 0.3 is 0 Å². The van der Waals surface area contributed by atoms with Crippen molar-refractivity contribution in [3.05, 3.63) is 72.0 Å². The van der Waals surface area contributed by atoms with Gasteiger partial charge in [-0.3, -0.25) is 9.59 Å². The van der Waals surface area contributed by atoms with Crippen molar-refractivity contribution in [3.63, 3.8) is 0 Å². The highest BCUT2D eigenvalue weighted by Gasteiger charge is 2.12. The quantitative estimate of drug-likeness (QED) is 0.547. The molecule has 1 aromatic heterocycles. The van der Waals surface area contributed by atoms with E-state index in [4.69, 9.17) is 9.15 Å². The van der Waals surface area contributed by atoms with Crippen LogP contribution in [0.1, 0.15) is 16.1 Å². The third kappa shape index (κ3) is 5.24. The smallest absolute Gasteiger partial charge is 0.253 e. The van der Waals surface area contributed by atoms with Gasteiger partial charge in [-0.2, -0.15) is 0 Å². The summed E-state index contributed by atoms with van der Waals surface area (Å²) in [6.07, 6.45) is 0. The zero-order chi connectivity index (χ0) is 20.6. The molecule has 7 nitrogen and oxygen atoms in total. The lowest BCUT2D eigenvalue weighted by atomic mass is 10.1. The minimum absolute atomic E-state index is 0.0806. The molecule has 0 aliphatic heterocycles. The fourth-order valence-corrected chi connectivity index (χ4v) is 2.82. The second-order valence-electron chi connectivity index (χ2n) is 6.27. The van der Waals surface area contributed by atoms with Crippen molar-refractivity contribution >= 4 is 17.5 Å². The number of nitrogens with one attached hydrogen (secondary N) is 3. The number of amides is 2. The lowest BCUT2D eigenvalue weighted by molar-refractivity contribution is -0.115. The summed E-state index contributed by atoms with van der Waals surface area (Å²) in [5, 5.41) is 8.35. The van der Waals surface area contributed by atoms with Crippen molar-refractivity contribution in [2.75, 3.05) is 26.0 Å². The van der Waals surface area contributed by atoms with Gasteiger partial charge in [0.15, 0.2) is 0 Å². The van der Waals surface area contributed by atoms with Gasteiger partial charge < -0.3 is 25.1 Å². The molecule has 2 aromatic carbocycles. The second-order valence-corrected chi connectivity index (χ2v) is 6.27. The molecule has 0 radical (unpaired) electrons. The first-order valence-electron chi connectivity index (χ1n) is 9.15. The first-order chi connectivity index (χ1) is 14.1. The van der Waals surface area contributed by atoms with E-state index in [1.807, 2.05) is 36.4 Å². The molecule has 3 rings (SSSR count). The van der Waals surface area contributed by atoms with Gasteiger partial charge in [-0.15, -0.1) is 0 Å². The van der Waals surface area contributed by atoms with Gasteiger partial charge in [0.25, 0.3) is 5.91 Å². The summed E-state index contributed by atoms with van der Waals surface area (Å²) in [7, 11) is 3.17. The summed E-state index contributed by atoms with van der Waals surface area (Å²) in [6.45, 7) is 0.478. The van der Waals surface area contributed by atoms with Crippen molar-refractivity contribution in [2.24, 2.45) is 0 Å². The molecule has 0 atom stereocenters. The minimum atomic E-state index is -0.255. The van der Waals surface area contributed by atoms with Crippen LogP contribution >= 0.6 is 0 Å². The van der Waals surface area contributed by atoms with Crippen LogP contribution in [0, 0.1) is 0 Å². The zero-order valence-electron chi connectivity index (χ0n) is 16.3. The van der Waals surface area contributed by atoms with Crippen LogP contribution in [0.15, 0.2) is 65.1 Å². The first kappa shape index (κ1) is 20.2. The van der Waals surface area contributed by atoms with Crippen molar-refractivity contribution in [2.45, 2.75) is 6.54 Å². The molecule has 2 amide bonds. The third-order valence-corrected chi connectivity index (χ3v) is 4.27. The van der Waals surface area contributed by atoms with Gasteiger partial charge in [0.1, 0.15) is 17.3 Å². The van der Waals surface area contributed by atoms with Crippen LogP contribution in [-0.2, 0) is 11.3 Å². The van der Waals surface area contributed by atoms with E-state index in [2.05, 4.69) is 16.0 Å². The molecule has 0 spiro atoms. The Balaban J connectivity index is 1.54. The number of benzene rings is 2. The maximum absolute atomic E-state index is 12.2. The summed E-state index contributed by atoms with van der Waals surface area (Å²) in [5.74, 6) is 1.69. The highest BCUT2D eigenvalue weighted by atomic mass is 16.5. The molecule has 7 heteroatoms. The van der Waals surface area contributed by atoms with Gasteiger partial charge in [-0.25, -0.2) is 0 Å². The van der Waals surface area contributed by atoms with E-state index in [-0.39, 0.29) is 18.4 Å². The first-order valence-corrected chi connectivity index (χ1v) is 9.15. The predicted molar refractivity (Wildman–Crippen MR) is 111 cm³/mol. The molecule has 0 bridgehead atoms. The standard InChI is InChI=1S/C22H23N3O4/c1-23-22(27)18-8-3-4-9-19(18)25-21(26)14-24-13-17-10-11-20(29-17)15-6-5-7-16(12-15)28-2/h3-12,24H,13-14H2,1-2H3,(H,23,27)(H,25,26). The van der Waals surface area contributed by atoms with Crippen LogP contribution < -0.4 is 20.7 Å². The monoisotopic (exact) mass is 393 g/mol. The van der Waals surface area contributed by atoms with E-state index < -0.39 is 0 Å². The Morgan fingerprint density at radius 1 is 1.03 bits per heavy atom. The fourth-order valence-electron chi connectivity index (χ4n) is 2.82. The molecule has 0 saturated carbocycles. The molecule has 3 aromatic rings. The average Bonchev–Trinajstić information content (AvgIpc) is 3.22. The maximum atomic E-state index is 12.2. The molecule has 1 heterocycles. The summed E-state index contributed by atoms with van der Waals surface area (Å²) in [5.41, 5.74) is 1.80. The van der Waals surface area contributed by atoms with Crippen LogP contribution in [0.25, 0.3) is 11.3 Å². The molecule has 0 unspecified atom stereocenters. The largest absolute Gasteiger partial charge is 0.497 e. The number of rotatable bonds is 8. The van der Waals surface area contributed by atoms with E-state index in [1.165, 1.54) is 0 Å². The SMILES string of the molecule is CNC(=O)c1ccccc1NC(=O)CNCc1ccc(-c2cccc(OC)c2)o1. The van der Waals surface area contributed by atoms with E-state index in [1.54, 1.807) is 38.4 Å². The molecule has 0 aliphatic carbocycles. The topological polar surface area (TPSA) is 92.6 Å². The molecule has 150 valence electrons. The molecule has 0 aliphatic rings. The molecule has 0 fully saturated rings. The average molecular weight is 393 g/mol. The number of ether oxygens (including phenoxy) is 1. The summed E-state index contributed by atoms with van der Waals surface area (Å²) >= 11 is 0. The summed E-state index contributed by atoms with van der Waals surface area (Å²) in [4.78, 5) is 24.1. The van der Waals surface area contributed by atoms with Crippen LogP contribution in [0.3, 0.4) is 0 Å². The van der Waals surface area contributed by atoms with Gasteiger partial charge in [0.05, 0.1) is 31.5 Å². The van der Waals surface area contributed by atoms with Gasteiger partial charge in [0.2, 0.25) is 5.91 Å². The molecular weight excluding hydrogens is 370 g/mol. The van der Waals surface area contributed by atoms with Gasteiger partial charge in [0, 0.05) is 12.6 Å². The van der Waals surface area contributed by atoms with Crippen molar-refractivity contribution in [3.8, 4) is 17.1 Å². The summed E-state index contributed by atoms with van der Waals surface area (Å²) in [6, 6.07) is 18.2. The summed E-state index contributed by atoms with van der Waals surface area (Å²) < 4.78 is 11.1. The number of methoxy groups -OCH3 is 1. The Morgan fingerprint density at radius 3 is 2.66 bits per heavy atom. The number of hydrogen-bond donors (Lipinski definition) is 3. The van der Waals surface area contributed by atoms with Crippen molar-refractivity contribution in [1.29, 1.82) is 0 Å². The third-order valence-electron chi connectivity index (χ3n) is 4.27. The Morgan fingerprint density at radius 2 is 1.86 bits per heavy atom. The highest BCUT2D eigenvalue weighted by molar-refractivity contribution is 6.03. The number of furan rings is 1. The highest BCUT2D eigenvalue weighted by Crippen LogP contribution is 2.25. The molecule has 29 heavy (non-hydrogen) atoms. The van der Waals surface area contributed by atoms with Crippen LogP contribution in [0.4, 0.5) is 5.69 Å². The Hall–Kier alpha value is -3.58. The van der Waals surface area contributed by atoms with Gasteiger partial charge in [-0.05, 0) is 36.4 Å². The predicted octanol–water partition coefficient (Wildman–Crippen LogP) is 3.04. The van der Waals surface area contributed by atoms with E-state index in [0.717, 1.165) is 17.1 Å². The molecule has 0 saturated heterocycles. The maximum Gasteiger partial charge on any atom is 0.253 e. The van der Waals surface area contributed by atoms with Crippen LogP contribution in [0.5, 0.6) is 5.75 Å². The number of anilines is 1. The zero-order valence-corrected chi connectivity index (χ0v) is 16.3. The van der Waals surface area contributed by atoms with E-state index in [9.17, 15) is 9.59 Å². The second kappa shape index (κ2) is 9.57. The Labute approximate surface area is 169 Å². The van der Waals surface area contributed by atoms with E-state index in [0.29, 0.717) is 23.6 Å². The fraction of sp³-hybridized carbons (Fsp3) is 0.182. The van der Waals surface area contributed by atoms with Crippen LogP contribution in [0.2, 0.25) is 0 Å². The Bertz CT molecular complexity index is 997. The number of hydrogen-bond acceptors (Lipinski definition) is 5. The van der Waals surface area contributed by atoms with Crippen molar-refractivity contribution in [1.82, 2.24) is 10.6 Å². The normalized spacial score (nSPS) is 10.4. The molecule has 3 N–H and O–H groups in total. The lowest BCUT2D eigenvalue weighted by Gasteiger charge is -2.10. The van der Waals surface area contributed by atoms with Crippen molar-refractivity contribution < 1.29 is 18.7 Å². The number of carbonyl (C=O) groups excluding carboxylic acids is 2. The minimum Gasteiger partial charge on any atom is -0.497 e. The molecular formula is C22H23N3O4. The number of carbonyl (C=O) groups is 2.